The third-order valence-corrected chi connectivity index (χ3v) is 4.53. The Labute approximate surface area is 159 Å². The van der Waals surface area contributed by atoms with Crippen molar-refractivity contribution in [2.45, 2.75) is 45.4 Å². The van der Waals surface area contributed by atoms with Crippen molar-refractivity contribution in [2.24, 2.45) is 0 Å². The van der Waals surface area contributed by atoms with Crippen LogP contribution in [0.2, 0.25) is 0 Å². The minimum atomic E-state index is 0.298. The van der Waals surface area contributed by atoms with Crippen LogP contribution in [-0.4, -0.2) is 21.2 Å². The zero-order valence-electron chi connectivity index (χ0n) is 15.5. The van der Waals surface area contributed by atoms with Gasteiger partial charge in [-0.15, -0.1) is 0 Å². The van der Waals surface area contributed by atoms with E-state index in [1.807, 2.05) is 24.3 Å². The van der Waals surface area contributed by atoms with E-state index >= 15 is 0 Å². The molecule has 3 aromatic rings. The summed E-state index contributed by atoms with van der Waals surface area (Å²) >= 11 is 0. The van der Waals surface area contributed by atoms with Gasteiger partial charge in [-0.3, -0.25) is 9.61 Å². The Morgan fingerprint density at radius 2 is 1.93 bits per heavy atom. The van der Waals surface area contributed by atoms with E-state index in [9.17, 15) is 5.26 Å². The number of nitrogens with one attached hydrogen (secondary N) is 1. The van der Waals surface area contributed by atoms with Crippen LogP contribution in [0, 0.1) is 17.9 Å². The second-order valence-corrected chi connectivity index (χ2v) is 6.52. The van der Waals surface area contributed by atoms with Crippen LogP contribution in [0.5, 0.6) is 5.75 Å². The molecule has 6 heteroatoms. The summed E-state index contributed by atoms with van der Waals surface area (Å²) in [5.41, 5.74) is 1.98. The number of unbranched alkanes of at least 4 members (excludes halogenated alkanes) is 5. The fourth-order valence-corrected chi connectivity index (χ4v) is 3.03. The quantitative estimate of drug-likeness (QED) is 0.404. The number of nitriles is 1. The molecule has 0 aliphatic heterocycles. The number of aromatic nitrogens is 3. The average molecular weight is 361 g/mol. The van der Waals surface area contributed by atoms with Crippen LogP contribution in [0.15, 0.2) is 30.5 Å². The number of H-pyrrole nitrogens is 1. The maximum Gasteiger partial charge on any atom is 0.226 e. The van der Waals surface area contributed by atoms with Crippen molar-refractivity contribution < 1.29 is 4.74 Å². The molecule has 0 fully saturated rings. The fraction of sp³-hybridized carbons (Fsp3) is 0.381. The molecule has 0 saturated heterocycles. The fourth-order valence-electron chi connectivity index (χ4n) is 3.03. The molecule has 0 bridgehead atoms. The number of ether oxygens (including phenoxy) is 1. The van der Waals surface area contributed by atoms with Crippen LogP contribution in [-0.2, 0) is 0 Å². The lowest BCUT2D eigenvalue weighted by atomic mass is 10.1. The molecular weight excluding hydrogens is 338 g/mol. The molecule has 2 heterocycles. The van der Waals surface area contributed by atoms with Gasteiger partial charge in [-0.2, -0.15) is 5.26 Å². The van der Waals surface area contributed by atoms with Gasteiger partial charge in [-0.25, -0.2) is 9.83 Å². The first-order chi connectivity index (χ1) is 13.3. The number of hydrogen-bond acceptors (Lipinski definition) is 3. The van der Waals surface area contributed by atoms with Crippen LogP contribution in [0.1, 0.15) is 51.0 Å². The summed E-state index contributed by atoms with van der Waals surface area (Å²) < 4.78 is 7.42. The van der Waals surface area contributed by atoms with Crippen molar-refractivity contribution in [3.8, 4) is 23.2 Å². The molecule has 0 atom stereocenters. The maximum atomic E-state index is 9.24. The molecule has 0 saturated carbocycles. The molecule has 3 rings (SSSR count). The molecule has 0 unspecified atom stereocenters. The van der Waals surface area contributed by atoms with Gasteiger partial charge >= 0.3 is 0 Å². The van der Waals surface area contributed by atoms with Crippen molar-refractivity contribution in [2.75, 3.05) is 6.61 Å². The minimum absolute atomic E-state index is 0.298. The summed E-state index contributed by atoms with van der Waals surface area (Å²) in [5.74, 6) is 1.50. The Bertz CT molecular complexity index is 969. The molecule has 2 aromatic heterocycles. The molecule has 0 spiro atoms. The Balaban J connectivity index is 1.59. The summed E-state index contributed by atoms with van der Waals surface area (Å²) in [6.07, 6.45) is 9.07. The first-order valence-corrected chi connectivity index (χ1v) is 9.38. The smallest absolute Gasteiger partial charge is 0.226 e. The van der Waals surface area contributed by atoms with Crippen molar-refractivity contribution in [1.29, 1.82) is 5.26 Å². The third kappa shape index (κ3) is 4.30. The highest BCUT2D eigenvalue weighted by Crippen LogP contribution is 2.27. The van der Waals surface area contributed by atoms with Crippen molar-refractivity contribution in [3.05, 3.63) is 47.4 Å². The summed E-state index contributed by atoms with van der Waals surface area (Å²) in [4.78, 5) is 7.81. The molecule has 0 amide bonds. The number of aromatic amines is 1. The van der Waals surface area contributed by atoms with Gasteiger partial charge in [0.2, 0.25) is 5.69 Å². The van der Waals surface area contributed by atoms with E-state index in [-0.39, 0.29) is 0 Å². The normalized spacial score (nSPS) is 10.6. The second-order valence-electron chi connectivity index (χ2n) is 6.52. The topological polar surface area (TPSA) is 70.5 Å². The average Bonchev–Trinajstić information content (AvgIpc) is 3.25. The predicted octanol–water partition coefficient (Wildman–Crippen LogP) is 5.49. The van der Waals surface area contributed by atoms with Crippen molar-refractivity contribution >= 4 is 11.3 Å². The Morgan fingerprint density at radius 1 is 1.19 bits per heavy atom. The molecule has 0 radical (unpaired) electrons. The van der Waals surface area contributed by atoms with E-state index in [0.29, 0.717) is 22.7 Å². The highest BCUT2D eigenvalue weighted by Gasteiger charge is 2.15. The van der Waals surface area contributed by atoms with Crippen LogP contribution >= 0.6 is 0 Å². The molecule has 6 nitrogen and oxygen atoms in total. The Hall–Kier alpha value is -3.25. The van der Waals surface area contributed by atoms with Gasteiger partial charge in [0.05, 0.1) is 19.2 Å². The number of hydrogen-bond donors (Lipinski definition) is 1. The Morgan fingerprint density at radius 3 is 2.63 bits per heavy atom. The first kappa shape index (κ1) is 18.5. The molecule has 1 aromatic carbocycles. The minimum Gasteiger partial charge on any atom is -0.494 e. The molecule has 0 aliphatic carbocycles. The second kappa shape index (κ2) is 8.91. The summed E-state index contributed by atoms with van der Waals surface area (Å²) in [5, 5.41) is 12.3. The lowest BCUT2D eigenvalue weighted by Crippen LogP contribution is -1.97. The molecular formula is C21H23N5O. The van der Waals surface area contributed by atoms with Gasteiger partial charge in [0.1, 0.15) is 11.3 Å². The van der Waals surface area contributed by atoms with E-state index in [1.165, 1.54) is 32.1 Å². The highest BCUT2D eigenvalue weighted by molar-refractivity contribution is 5.74. The SMILES string of the molecule is [C-]#[N+]c1cn2[nH]c(-c3ccc(OCCCCCCCC)cc3)nc2c1C#N. The number of nitrogens with zero attached hydrogens (tertiary/aromatic N) is 4. The van der Waals surface area contributed by atoms with Gasteiger partial charge in [0.25, 0.3) is 0 Å². The van der Waals surface area contributed by atoms with Crippen LogP contribution in [0.3, 0.4) is 0 Å². The number of benzene rings is 1. The third-order valence-electron chi connectivity index (χ3n) is 4.53. The van der Waals surface area contributed by atoms with E-state index in [1.54, 1.807) is 10.7 Å². The zero-order valence-corrected chi connectivity index (χ0v) is 15.5. The zero-order chi connectivity index (χ0) is 19.1. The molecule has 138 valence electrons. The van der Waals surface area contributed by atoms with Gasteiger partial charge in [0, 0.05) is 11.8 Å². The lowest BCUT2D eigenvalue weighted by molar-refractivity contribution is 0.304. The van der Waals surface area contributed by atoms with Crippen molar-refractivity contribution in [3.63, 3.8) is 0 Å². The summed E-state index contributed by atoms with van der Waals surface area (Å²) in [7, 11) is 0. The van der Waals surface area contributed by atoms with Gasteiger partial charge in [0.15, 0.2) is 11.5 Å². The molecule has 27 heavy (non-hydrogen) atoms. The van der Waals surface area contributed by atoms with Gasteiger partial charge in [-0.1, -0.05) is 39.0 Å². The van der Waals surface area contributed by atoms with Gasteiger partial charge < -0.3 is 4.74 Å². The molecule has 0 aliphatic rings. The van der Waals surface area contributed by atoms with Crippen LogP contribution < -0.4 is 4.74 Å². The first-order valence-electron chi connectivity index (χ1n) is 9.38. The van der Waals surface area contributed by atoms with E-state index in [4.69, 9.17) is 11.3 Å². The standard InChI is InChI=1S/C21H23N5O/c1-3-4-5-6-7-8-13-27-17-11-9-16(10-12-17)20-24-21-18(14-22)19(23-2)15-26(21)25-20/h9-12,15H,3-8,13H2,1H3,(H,24,25). The van der Waals surface area contributed by atoms with Crippen LogP contribution in [0.4, 0.5) is 5.69 Å². The van der Waals surface area contributed by atoms with E-state index in [2.05, 4.69) is 27.9 Å². The summed E-state index contributed by atoms with van der Waals surface area (Å²) in [6, 6.07) is 9.79. The van der Waals surface area contributed by atoms with E-state index in [0.717, 1.165) is 24.3 Å². The van der Waals surface area contributed by atoms with Crippen LogP contribution in [0.25, 0.3) is 21.9 Å². The van der Waals surface area contributed by atoms with E-state index < -0.39 is 0 Å². The highest BCUT2D eigenvalue weighted by atomic mass is 16.5. The summed E-state index contributed by atoms with van der Waals surface area (Å²) in [6.45, 7) is 10.1. The van der Waals surface area contributed by atoms with Crippen molar-refractivity contribution in [1.82, 2.24) is 14.6 Å². The Kier molecular flexibility index (Phi) is 6.12. The lowest BCUT2D eigenvalue weighted by Gasteiger charge is -2.06. The monoisotopic (exact) mass is 361 g/mol. The van der Waals surface area contributed by atoms with Gasteiger partial charge in [-0.05, 0) is 30.7 Å². The predicted molar refractivity (Wildman–Crippen MR) is 105 cm³/mol. The largest absolute Gasteiger partial charge is 0.494 e. The number of rotatable bonds is 9. The maximum absolute atomic E-state index is 9.24. The number of fused-ring (bicyclic) bond motifs is 1. The molecule has 1 N–H and O–H groups in total.